The Kier molecular flexibility index (Phi) is 5.24. The quantitative estimate of drug-likeness (QED) is 0.406. The van der Waals surface area contributed by atoms with Gasteiger partial charge in [-0.05, 0) is 60.9 Å². The summed E-state index contributed by atoms with van der Waals surface area (Å²) in [6.07, 6.45) is 3.40. The number of aryl methyl sites for hydroxylation is 1. The van der Waals surface area contributed by atoms with Gasteiger partial charge in [-0.2, -0.15) is 5.10 Å². The molecule has 8 nitrogen and oxygen atoms in total. The Balaban J connectivity index is 1.31. The largest absolute Gasteiger partial charge is 0.378 e. The molecule has 0 radical (unpaired) electrons. The fourth-order valence-electron chi connectivity index (χ4n) is 4.28. The van der Waals surface area contributed by atoms with Crippen molar-refractivity contribution in [2.24, 2.45) is 0 Å². The van der Waals surface area contributed by atoms with Gasteiger partial charge in [0.2, 0.25) is 0 Å². The molecular weight excluding hydrogens is 440 g/mol. The summed E-state index contributed by atoms with van der Waals surface area (Å²) in [4.78, 5) is 26.5. The standard InChI is InChI=1S/C27H22N6O2/c1-18-14-20(27(34)32-10-12-35-13-11-32)4-6-22(18)23-8-9-26-28-16-21(33(26)31-23)5-2-19-3-7-24-25(15-19)30-17-29-24/h3-4,6-9,14-17H,10-13H2,1H3,(H,29,30). The van der Waals surface area contributed by atoms with E-state index in [1.165, 1.54) is 0 Å². The van der Waals surface area contributed by atoms with Gasteiger partial charge in [-0.1, -0.05) is 12.0 Å². The Bertz CT molecular complexity index is 1630. The molecule has 1 fully saturated rings. The van der Waals surface area contributed by atoms with Gasteiger partial charge in [-0.15, -0.1) is 0 Å². The van der Waals surface area contributed by atoms with E-state index in [0.29, 0.717) is 37.6 Å². The smallest absolute Gasteiger partial charge is 0.254 e. The van der Waals surface area contributed by atoms with E-state index in [0.717, 1.165) is 39.1 Å². The molecule has 4 heterocycles. The van der Waals surface area contributed by atoms with Gasteiger partial charge >= 0.3 is 0 Å². The van der Waals surface area contributed by atoms with Crippen LogP contribution in [0.3, 0.4) is 0 Å². The SMILES string of the molecule is Cc1cc(C(=O)N2CCOCC2)ccc1-c1ccc2ncc(C#Cc3ccc4[nH]cnc4c3)n2n1. The van der Waals surface area contributed by atoms with E-state index < -0.39 is 0 Å². The maximum atomic E-state index is 12.9. The number of carbonyl (C=O) groups is 1. The lowest BCUT2D eigenvalue weighted by atomic mass is 10.0. The summed E-state index contributed by atoms with van der Waals surface area (Å²) in [5.74, 6) is 6.41. The molecule has 5 aromatic rings. The zero-order valence-corrected chi connectivity index (χ0v) is 19.2. The molecule has 6 rings (SSSR count). The minimum absolute atomic E-state index is 0.0339. The third kappa shape index (κ3) is 4.03. The number of H-pyrrole nitrogens is 1. The average molecular weight is 463 g/mol. The summed E-state index contributed by atoms with van der Waals surface area (Å²) in [6.45, 7) is 4.41. The van der Waals surface area contributed by atoms with Crippen LogP contribution in [-0.2, 0) is 4.74 Å². The van der Waals surface area contributed by atoms with Gasteiger partial charge < -0.3 is 14.6 Å². The normalized spacial score (nSPS) is 13.7. The zero-order chi connectivity index (χ0) is 23.8. The van der Waals surface area contributed by atoms with Gasteiger partial charge in [0.05, 0.1) is 42.5 Å². The van der Waals surface area contributed by atoms with Gasteiger partial charge in [-0.3, -0.25) is 4.79 Å². The van der Waals surface area contributed by atoms with Crippen molar-refractivity contribution in [3.05, 3.63) is 83.4 Å². The minimum Gasteiger partial charge on any atom is -0.378 e. The monoisotopic (exact) mass is 462 g/mol. The van der Waals surface area contributed by atoms with Crippen molar-refractivity contribution in [3.8, 4) is 23.1 Å². The number of benzene rings is 2. The van der Waals surface area contributed by atoms with Crippen LogP contribution < -0.4 is 0 Å². The first kappa shape index (κ1) is 21.1. The average Bonchev–Trinajstić information content (AvgIpc) is 3.53. The third-order valence-electron chi connectivity index (χ3n) is 6.17. The van der Waals surface area contributed by atoms with Gasteiger partial charge in [0.15, 0.2) is 5.65 Å². The van der Waals surface area contributed by atoms with E-state index in [1.807, 2.05) is 60.4 Å². The Labute approximate surface area is 201 Å². The van der Waals surface area contributed by atoms with Gasteiger partial charge in [0, 0.05) is 29.8 Å². The number of carbonyl (C=O) groups excluding carboxylic acids is 1. The molecule has 1 N–H and O–H groups in total. The summed E-state index contributed by atoms with van der Waals surface area (Å²) < 4.78 is 7.11. The first-order chi connectivity index (χ1) is 17.2. The number of aromatic nitrogens is 5. The molecule has 0 bridgehead atoms. The molecule has 1 aliphatic rings. The summed E-state index contributed by atoms with van der Waals surface area (Å²) in [5, 5.41) is 4.81. The van der Waals surface area contributed by atoms with Crippen molar-refractivity contribution in [1.82, 2.24) is 29.5 Å². The number of rotatable bonds is 2. The van der Waals surface area contributed by atoms with Gasteiger partial charge in [0.1, 0.15) is 5.69 Å². The highest BCUT2D eigenvalue weighted by atomic mass is 16.5. The van der Waals surface area contributed by atoms with Crippen molar-refractivity contribution in [2.45, 2.75) is 6.92 Å². The number of nitrogens with zero attached hydrogens (tertiary/aromatic N) is 5. The predicted molar refractivity (Wildman–Crippen MR) is 132 cm³/mol. The number of amides is 1. The molecule has 1 saturated heterocycles. The number of fused-ring (bicyclic) bond motifs is 2. The predicted octanol–water partition coefficient (Wildman–Crippen LogP) is 3.45. The summed E-state index contributed by atoms with van der Waals surface area (Å²) in [6, 6.07) is 15.5. The fraction of sp³-hybridized carbons (Fsp3) is 0.185. The number of ether oxygens (including phenoxy) is 1. The number of imidazole rings is 2. The van der Waals surface area contributed by atoms with Crippen LogP contribution in [0.2, 0.25) is 0 Å². The first-order valence-electron chi connectivity index (χ1n) is 11.4. The molecule has 35 heavy (non-hydrogen) atoms. The molecule has 2 aromatic carbocycles. The van der Waals surface area contributed by atoms with Crippen LogP contribution in [0.25, 0.3) is 27.9 Å². The van der Waals surface area contributed by atoms with E-state index in [9.17, 15) is 4.79 Å². The molecule has 0 unspecified atom stereocenters. The maximum Gasteiger partial charge on any atom is 0.254 e. The second-order valence-electron chi connectivity index (χ2n) is 8.45. The Hall–Kier alpha value is -4.48. The molecule has 0 spiro atoms. The van der Waals surface area contributed by atoms with Crippen molar-refractivity contribution in [3.63, 3.8) is 0 Å². The minimum atomic E-state index is 0.0339. The van der Waals surface area contributed by atoms with Gasteiger partial charge in [-0.25, -0.2) is 14.5 Å². The number of hydrogen-bond acceptors (Lipinski definition) is 5. The van der Waals surface area contributed by atoms with E-state index >= 15 is 0 Å². The lowest BCUT2D eigenvalue weighted by Gasteiger charge is -2.27. The molecule has 0 atom stereocenters. The Morgan fingerprint density at radius 1 is 1.03 bits per heavy atom. The van der Waals surface area contributed by atoms with Crippen molar-refractivity contribution in [1.29, 1.82) is 0 Å². The van der Waals surface area contributed by atoms with Crippen molar-refractivity contribution >= 4 is 22.6 Å². The molecule has 172 valence electrons. The molecular formula is C27H22N6O2. The second kappa shape index (κ2) is 8.70. The number of morpholine rings is 1. The van der Waals surface area contributed by atoms with Crippen LogP contribution in [0.1, 0.15) is 27.2 Å². The van der Waals surface area contributed by atoms with E-state index in [4.69, 9.17) is 9.84 Å². The van der Waals surface area contributed by atoms with Crippen LogP contribution in [0.5, 0.6) is 0 Å². The highest BCUT2D eigenvalue weighted by Crippen LogP contribution is 2.24. The number of nitrogens with one attached hydrogen (secondary N) is 1. The summed E-state index contributed by atoms with van der Waals surface area (Å²) >= 11 is 0. The Morgan fingerprint density at radius 2 is 1.91 bits per heavy atom. The summed E-state index contributed by atoms with van der Waals surface area (Å²) in [7, 11) is 0. The molecule has 3 aromatic heterocycles. The number of hydrogen-bond donors (Lipinski definition) is 1. The van der Waals surface area contributed by atoms with Crippen molar-refractivity contribution in [2.75, 3.05) is 26.3 Å². The lowest BCUT2D eigenvalue weighted by molar-refractivity contribution is 0.0303. The van der Waals surface area contributed by atoms with Gasteiger partial charge in [0.25, 0.3) is 5.91 Å². The topological polar surface area (TPSA) is 88.4 Å². The van der Waals surface area contributed by atoms with Crippen LogP contribution in [-0.4, -0.2) is 61.7 Å². The lowest BCUT2D eigenvalue weighted by Crippen LogP contribution is -2.40. The van der Waals surface area contributed by atoms with Crippen LogP contribution >= 0.6 is 0 Å². The van der Waals surface area contributed by atoms with Crippen LogP contribution in [0.15, 0.2) is 61.1 Å². The van der Waals surface area contributed by atoms with E-state index in [1.54, 1.807) is 17.0 Å². The molecule has 1 amide bonds. The van der Waals surface area contributed by atoms with Crippen LogP contribution in [0.4, 0.5) is 0 Å². The third-order valence-corrected chi connectivity index (χ3v) is 6.17. The van der Waals surface area contributed by atoms with Crippen LogP contribution in [0, 0.1) is 18.8 Å². The summed E-state index contributed by atoms with van der Waals surface area (Å²) in [5.41, 5.74) is 7.55. The molecule has 0 saturated carbocycles. The Morgan fingerprint density at radius 3 is 2.77 bits per heavy atom. The second-order valence-corrected chi connectivity index (χ2v) is 8.45. The fourth-order valence-corrected chi connectivity index (χ4v) is 4.28. The molecule has 0 aliphatic carbocycles. The maximum absolute atomic E-state index is 12.9. The first-order valence-corrected chi connectivity index (χ1v) is 11.4. The molecule has 1 aliphatic heterocycles. The zero-order valence-electron chi connectivity index (χ0n) is 19.2. The van der Waals surface area contributed by atoms with E-state index in [-0.39, 0.29) is 5.91 Å². The highest BCUT2D eigenvalue weighted by Gasteiger charge is 2.19. The highest BCUT2D eigenvalue weighted by molar-refractivity contribution is 5.95. The van der Waals surface area contributed by atoms with Crippen molar-refractivity contribution < 1.29 is 9.53 Å². The van der Waals surface area contributed by atoms with E-state index in [2.05, 4.69) is 26.8 Å². The molecule has 8 heteroatoms. The number of aromatic amines is 1.